The minimum absolute atomic E-state index is 0.0399. The number of aliphatic hydroxyl groups excluding tert-OH is 1. The van der Waals surface area contributed by atoms with Gasteiger partial charge in [0.05, 0.1) is 6.10 Å². The summed E-state index contributed by atoms with van der Waals surface area (Å²) in [4.78, 5) is 10.6. The van der Waals surface area contributed by atoms with Crippen molar-refractivity contribution in [3.05, 3.63) is 11.6 Å². The molecule has 1 atom stereocenters. The molecule has 0 aromatic carbocycles. The molecule has 0 aliphatic carbocycles. The molecule has 13 heavy (non-hydrogen) atoms. The molecule has 6 nitrogen and oxygen atoms in total. The van der Waals surface area contributed by atoms with Crippen LogP contribution in [0.25, 0.3) is 0 Å². The van der Waals surface area contributed by atoms with Crippen LogP contribution in [-0.2, 0) is 13.0 Å². The van der Waals surface area contributed by atoms with Crippen molar-refractivity contribution < 1.29 is 15.0 Å². The van der Waals surface area contributed by atoms with E-state index in [1.807, 2.05) is 0 Å². The topological polar surface area (TPSA) is 88.2 Å². The van der Waals surface area contributed by atoms with Gasteiger partial charge in [-0.15, -0.1) is 10.2 Å². The second-order valence-corrected chi connectivity index (χ2v) is 3.04. The molecular formula is C7H9N3O3. The van der Waals surface area contributed by atoms with E-state index in [0.29, 0.717) is 25.2 Å². The predicted molar refractivity (Wildman–Crippen MR) is 41.3 cm³/mol. The van der Waals surface area contributed by atoms with Gasteiger partial charge < -0.3 is 14.8 Å². The standard InChI is InChI=1S/C7H9N3O3/c11-4-1-2-10-5(3-4)8-9-6(10)7(12)13/h4,11H,1-3H2,(H,12,13). The molecule has 0 radical (unpaired) electrons. The summed E-state index contributed by atoms with van der Waals surface area (Å²) >= 11 is 0. The van der Waals surface area contributed by atoms with E-state index < -0.39 is 12.1 Å². The van der Waals surface area contributed by atoms with E-state index in [0.717, 1.165) is 0 Å². The van der Waals surface area contributed by atoms with Gasteiger partial charge in [0.25, 0.3) is 0 Å². The number of aromatic carboxylic acids is 1. The maximum atomic E-state index is 10.6. The third-order valence-electron chi connectivity index (χ3n) is 2.12. The van der Waals surface area contributed by atoms with Crippen molar-refractivity contribution in [1.29, 1.82) is 0 Å². The highest BCUT2D eigenvalue weighted by Crippen LogP contribution is 2.14. The monoisotopic (exact) mass is 183 g/mol. The van der Waals surface area contributed by atoms with Crippen LogP contribution in [-0.4, -0.2) is 37.1 Å². The van der Waals surface area contributed by atoms with Crippen LogP contribution < -0.4 is 0 Å². The molecule has 2 N–H and O–H groups in total. The Morgan fingerprint density at radius 1 is 1.54 bits per heavy atom. The van der Waals surface area contributed by atoms with Crippen LogP contribution in [0.2, 0.25) is 0 Å². The van der Waals surface area contributed by atoms with E-state index in [2.05, 4.69) is 10.2 Å². The molecule has 0 amide bonds. The smallest absolute Gasteiger partial charge is 0.374 e. The molecule has 1 aromatic heterocycles. The zero-order valence-corrected chi connectivity index (χ0v) is 6.84. The van der Waals surface area contributed by atoms with E-state index in [9.17, 15) is 9.90 Å². The lowest BCUT2D eigenvalue weighted by molar-refractivity contribution is 0.0671. The second kappa shape index (κ2) is 2.81. The van der Waals surface area contributed by atoms with Gasteiger partial charge in [0.1, 0.15) is 5.82 Å². The fourth-order valence-electron chi connectivity index (χ4n) is 1.47. The van der Waals surface area contributed by atoms with E-state index in [1.165, 1.54) is 4.57 Å². The number of fused-ring (bicyclic) bond motifs is 1. The zero-order chi connectivity index (χ0) is 9.42. The fourth-order valence-corrected chi connectivity index (χ4v) is 1.47. The molecule has 6 heteroatoms. The average molecular weight is 183 g/mol. The fraction of sp³-hybridized carbons (Fsp3) is 0.571. The summed E-state index contributed by atoms with van der Waals surface area (Å²) in [6.45, 7) is 0.477. The van der Waals surface area contributed by atoms with Gasteiger partial charge in [-0.05, 0) is 6.42 Å². The quantitative estimate of drug-likeness (QED) is 0.600. The molecule has 2 heterocycles. The normalized spacial score (nSPS) is 21.2. The first-order valence-corrected chi connectivity index (χ1v) is 4.02. The van der Waals surface area contributed by atoms with Crippen LogP contribution in [0, 0.1) is 0 Å². The van der Waals surface area contributed by atoms with Crippen molar-refractivity contribution in [2.24, 2.45) is 0 Å². The first-order chi connectivity index (χ1) is 6.18. The number of carbonyl (C=O) groups is 1. The summed E-state index contributed by atoms with van der Waals surface area (Å²) in [5.74, 6) is -0.562. The summed E-state index contributed by atoms with van der Waals surface area (Å²) in [6.07, 6.45) is 0.532. The predicted octanol–water partition coefficient (Wildman–Crippen LogP) is -0.717. The second-order valence-electron chi connectivity index (χ2n) is 3.04. The molecule has 0 saturated heterocycles. The number of hydrogen-bond acceptors (Lipinski definition) is 4. The summed E-state index contributed by atoms with van der Waals surface area (Å²) in [5, 5.41) is 25.2. The molecular weight excluding hydrogens is 174 g/mol. The maximum absolute atomic E-state index is 10.6. The maximum Gasteiger partial charge on any atom is 0.374 e. The number of hydrogen-bond donors (Lipinski definition) is 2. The SMILES string of the molecule is O=C(O)c1nnc2n1CCC(O)C2. The number of carboxylic acids is 1. The van der Waals surface area contributed by atoms with Crippen molar-refractivity contribution in [2.45, 2.75) is 25.5 Å². The molecule has 0 bridgehead atoms. The minimum Gasteiger partial charge on any atom is -0.475 e. The number of carboxylic acid groups (broad SMARTS) is 1. The summed E-state index contributed by atoms with van der Waals surface area (Å²) in [5.41, 5.74) is 0. The van der Waals surface area contributed by atoms with Gasteiger partial charge in [0.15, 0.2) is 0 Å². The van der Waals surface area contributed by atoms with Crippen LogP contribution in [0.5, 0.6) is 0 Å². The van der Waals surface area contributed by atoms with Gasteiger partial charge in [-0.2, -0.15) is 0 Å². The highest BCUT2D eigenvalue weighted by atomic mass is 16.4. The molecule has 1 aromatic rings. The Morgan fingerprint density at radius 3 is 3.00 bits per heavy atom. The zero-order valence-electron chi connectivity index (χ0n) is 6.84. The first-order valence-electron chi connectivity index (χ1n) is 4.02. The molecule has 0 saturated carbocycles. The van der Waals surface area contributed by atoms with Crippen LogP contribution in [0.4, 0.5) is 0 Å². The molecule has 0 spiro atoms. The van der Waals surface area contributed by atoms with Crippen molar-refractivity contribution in [3.63, 3.8) is 0 Å². The van der Waals surface area contributed by atoms with E-state index in [1.54, 1.807) is 0 Å². The van der Waals surface area contributed by atoms with Crippen LogP contribution >= 0.6 is 0 Å². The first kappa shape index (κ1) is 8.18. The van der Waals surface area contributed by atoms with Gasteiger partial charge >= 0.3 is 5.97 Å². The van der Waals surface area contributed by atoms with Crippen LogP contribution in [0.1, 0.15) is 22.9 Å². The van der Waals surface area contributed by atoms with Crippen molar-refractivity contribution in [2.75, 3.05) is 0 Å². The number of aliphatic hydroxyl groups is 1. The Balaban J connectivity index is 2.39. The summed E-state index contributed by atoms with van der Waals surface area (Å²) in [7, 11) is 0. The van der Waals surface area contributed by atoms with Crippen molar-refractivity contribution in [3.8, 4) is 0 Å². The van der Waals surface area contributed by atoms with E-state index in [-0.39, 0.29) is 5.82 Å². The van der Waals surface area contributed by atoms with E-state index in [4.69, 9.17) is 5.11 Å². The average Bonchev–Trinajstić information content (AvgIpc) is 2.46. The molecule has 1 unspecified atom stereocenters. The highest BCUT2D eigenvalue weighted by Gasteiger charge is 2.23. The Kier molecular flexibility index (Phi) is 1.77. The summed E-state index contributed by atoms with van der Waals surface area (Å²) in [6, 6.07) is 0. The third kappa shape index (κ3) is 1.29. The Hall–Kier alpha value is -1.43. The number of nitrogens with zero attached hydrogens (tertiary/aromatic N) is 3. The minimum atomic E-state index is -1.07. The largest absolute Gasteiger partial charge is 0.475 e. The third-order valence-corrected chi connectivity index (χ3v) is 2.12. The van der Waals surface area contributed by atoms with Crippen LogP contribution in [0.15, 0.2) is 0 Å². The van der Waals surface area contributed by atoms with Gasteiger partial charge in [-0.3, -0.25) is 0 Å². The van der Waals surface area contributed by atoms with Crippen molar-refractivity contribution >= 4 is 5.97 Å². The number of aromatic nitrogens is 3. The van der Waals surface area contributed by atoms with Gasteiger partial charge in [0, 0.05) is 13.0 Å². The Morgan fingerprint density at radius 2 is 2.31 bits per heavy atom. The van der Waals surface area contributed by atoms with Gasteiger partial charge in [0.2, 0.25) is 5.82 Å². The molecule has 0 fully saturated rings. The lowest BCUT2D eigenvalue weighted by Gasteiger charge is -2.18. The van der Waals surface area contributed by atoms with E-state index >= 15 is 0 Å². The van der Waals surface area contributed by atoms with Crippen LogP contribution in [0.3, 0.4) is 0 Å². The molecule has 1 aliphatic rings. The Labute approximate surface area is 73.8 Å². The van der Waals surface area contributed by atoms with Crippen molar-refractivity contribution in [1.82, 2.24) is 14.8 Å². The molecule has 70 valence electrons. The highest BCUT2D eigenvalue weighted by molar-refractivity contribution is 5.83. The molecule has 1 aliphatic heterocycles. The summed E-state index contributed by atoms with van der Waals surface area (Å²) < 4.78 is 1.54. The lowest BCUT2D eigenvalue weighted by atomic mass is 10.1. The van der Waals surface area contributed by atoms with Gasteiger partial charge in [-0.1, -0.05) is 0 Å². The molecule has 2 rings (SSSR count). The van der Waals surface area contributed by atoms with Gasteiger partial charge in [-0.25, -0.2) is 4.79 Å². The Bertz CT molecular complexity index is 347. The number of rotatable bonds is 1. The lowest BCUT2D eigenvalue weighted by Crippen LogP contribution is -2.25.